The van der Waals surface area contributed by atoms with Crippen LogP contribution in [0.2, 0.25) is 5.02 Å². The number of H-pyrrole nitrogens is 1. The van der Waals surface area contributed by atoms with Gasteiger partial charge in [-0.2, -0.15) is 0 Å². The molecule has 194 valence electrons. The lowest BCUT2D eigenvalue weighted by Crippen LogP contribution is -2.24. The van der Waals surface area contributed by atoms with Gasteiger partial charge in [-0.3, -0.25) is 9.36 Å². The fourth-order valence-corrected chi connectivity index (χ4v) is 6.42. The SMILES string of the molecule is COc1ccc(C2CCC(C)CC2)cc1-n1c(CSc2ncnc3nc[nH]c23)nc2cccc(Cl)c2c1=O. The summed E-state index contributed by atoms with van der Waals surface area (Å²) in [6.45, 7) is 2.32. The van der Waals surface area contributed by atoms with Crippen LogP contribution in [-0.2, 0) is 5.75 Å². The van der Waals surface area contributed by atoms with E-state index in [9.17, 15) is 4.79 Å². The summed E-state index contributed by atoms with van der Waals surface area (Å²) < 4.78 is 7.41. The third kappa shape index (κ3) is 4.54. The molecule has 1 aliphatic rings. The molecule has 8 nitrogen and oxygen atoms in total. The second-order valence-electron chi connectivity index (χ2n) is 9.76. The van der Waals surface area contributed by atoms with Gasteiger partial charge in [-0.25, -0.2) is 19.9 Å². The minimum atomic E-state index is -0.224. The maximum absolute atomic E-state index is 14.1. The van der Waals surface area contributed by atoms with Crippen LogP contribution in [0.15, 0.2) is 58.9 Å². The first-order valence-electron chi connectivity index (χ1n) is 12.7. The van der Waals surface area contributed by atoms with E-state index < -0.39 is 0 Å². The van der Waals surface area contributed by atoms with Crippen LogP contribution in [0.5, 0.6) is 5.75 Å². The number of imidazole rings is 1. The lowest BCUT2D eigenvalue weighted by atomic mass is 9.79. The van der Waals surface area contributed by atoms with Crippen molar-refractivity contribution < 1.29 is 4.74 Å². The Bertz CT molecular complexity index is 1690. The summed E-state index contributed by atoms with van der Waals surface area (Å²) in [5, 5.41) is 1.50. The highest BCUT2D eigenvalue weighted by atomic mass is 35.5. The highest BCUT2D eigenvalue weighted by Crippen LogP contribution is 2.38. The van der Waals surface area contributed by atoms with Crippen LogP contribution in [0.4, 0.5) is 0 Å². The smallest absolute Gasteiger partial charge is 0.267 e. The Labute approximate surface area is 228 Å². The van der Waals surface area contributed by atoms with Crippen LogP contribution in [-0.4, -0.2) is 36.6 Å². The Morgan fingerprint density at radius 1 is 1.13 bits per heavy atom. The number of methoxy groups -OCH3 is 1. The highest BCUT2D eigenvalue weighted by molar-refractivity contribution is 7.98. The normalized spacial score (nSPS) is 17.8. The summed E-state index contributed by atoms with van der Waals surface area (Å²) in [4.78, 5) is 35.0. The topological polar surface area (TPSA) is 98.6 Å². The van der Waals surface area contributed by atoms with Crippen molar-refractivity contribution in [2.45, 2.75) is 49.3 Å². The van der Waals surface area contributed by atoms with Gasteiger partial charge in [0, 0.05) is 0 Å². The van der Waals surface area contributed by atoms with Gasteiger partial charge < -0.3 is 9.72 Å². The van der Waals surface area contributed by atoms with Crippen molar-refractivity contribution >= 4 is 45.4 Å². The van der Waals surface area contributed by atoms with E-state index in [1.807, 2.05) is 18.2 Å². The van der Waals surface area contributed by atoms with Gasteiger partial charge in [0.25, 0.3) is 5.56 Å². The first kappa shape index (κ1) is 24.9. The predicted molar refractivity (Wildman–Crippen MR) is 151 cm³/mol. The minimum absolute atomic E-state index is 0.224. The van der Waals surface area contributed by atoms with E-state index in [1.54, 1.807) is 24.1 Å². The average Bonchev–Trinajstić information content (AvgIpc) is 3.42. The molecule has 3 heterocycles. The zero-order chi connectivity index (χ0) is 26.2. The number of thioether (sulfide) groups is 1. The van der Waals surface area contributed by atoms with Crippen LogP contribution in [0, 0.1) is 5.92 Å². The summed E-state index contributed by atoms with van der Waals surface area (Å²) in [7, 11) is 1.62. The first-order valence-corrected chi connectivity index (χ1v) is 14.0. The summed E-state index contributed by atoms with van der Waals surface area (Å²) in [5.74, 6) is 2.78. The number of hydrogen-bond acceptors (Lipinski definition) is 7. The number of aromatic amines is 1. The van der Waals surface area contributed by atoms with E-state index >= 15 is 0 Å². The van der Waals surface area contributed by atoms with E-state index in [2.05, 4.69) is 39.0 Å². The number of nitrogens with one attached hydrogen (secondary N) is 1. The molecule has 6 rings (SSSR count). The quantitative estimate of drug-likeness (QED) is 0.197. The van der Waals surface area contributed by atoms with Gasteiger partial charge in [0.2, 0.25) is 0 Å². The molecule has 0 bridgehead atoms. The van der Waals surface area contributed by atoms with Crippen LogP contribution in [0.1, 0.15) is 49.9 Å². The second kappa shape index (κ2) is 10.4. The molecule has 10 heteroatoms. The molecule has 1 fully saturated rings. The summed E-state index contributed by atoms with van der Waals surface area (Å²) in [6.07, 6.45) is 7.78. The Kier molecular flexibility index (Phi) is 6.80. The molecule has 1 N–H and O–H groups in total. The molecule has 0 amide bonds. The third-order valence-corrected chi connectivity index (χ3v) is 8.67. The molecule has 3 aromatic heterocycles. The van der Waals surface area contributed by atoms with Gasteiger partial charge in [0.05, 0.1) is 40.8 Å². The van der Waals surface area contributed by atoms with Crippen molar-refractivity contribution in [3.63, 3.8) is 0 Å². The minimum Gasteiger partial charge on any atom is -0.495 e. The molecule has 0 saturated heterocycles. The molecular weight excluding hydrogens is 520 g/mol. The van der Waals surface area contributed by atoms with E-state index in [0.29, 0.717) is 50.5 Å². The molecule has 38 heavy (non-hydrogen) atoms. The highest BCUT2D eigenvalue weighted by Gasteiger charge is 2.23. The summed E-state index contributed by atoms with van der Waals surface area (Å²) in [5.41, 5.74) is 3.56. The van der Waals surface area contributed by atoms with Crippen molar-refractivity contribution in [1.82, 2.24) is 29.5 Å². The fraction of sp³-hybridized carbons (Fsp3) is 0.321. The third-order valence-electron chi connectivity index (χ3n) is 7.37. The Hall–Kier alpha value is -3.43. The van der Waals surface area contributed by atoms with Crippen LogP contribution in [0.25, 0.3) is 27.8 Å². The van der Waals surface area contributed by atoms with Crippen LogP contribution in [0.3, 0.4) is 0 Å². The summed E-state index contributed by atoms with van der Waals surface area (Å²) in [6, 6.07) is 11.5. The van der Waals surface area contributed by atoms with E-state index in [1.165, 1.54) is 36.5 Å². The number of rotatable bonds is 6. The number of halogens is 1. The largest absolute Gasteiger partial charge is 0.495 e. The average molecular weight is 547 g/mol. The molecule has 1 saturated carbocycles. The molecular formula is C28H27ClN6O2S. The zero-order valence-corrected chi connectivity index (χ0v) is 22.7. The molecule has 2 aromatic carbocycles. The van der Waals surface area contributed by atoms with Gasteiger partial charge in [-0.1, -0.05) is 55.3 Å². The molecule has 0 radical (unpaired) electrons. The van der Waals surface area contributed by atoms with E-state index in [0.717, 1.165) is 29.3 Å². The number of aromatic nitrogens is 6. The molecule has 5 aromatic rings. The number of hydrogen-bond donors (Lipinski definition) is 1. The van der Waals surface area contributed by atoms with E-state index in [4.69, 9.17) is 21.3 Å². The van der Waals surface area contributed by atoms with Crippen molar-refractivity contribution in [2.24, 2.45) is 5.92 Å². The van der Waals surface area contributed by atoms with Crippen molar-refractivity contribution in [3.8, 4) is 11.4 Å². The van der Waals surface area contributed by atoms with Gasteiger partial charge >= 0.3 is 0 Å². The lowest BCUT2D eigenvalue weighted by molar-refractivity contribution is 0.347. The number of fused-ring (bicyclic) bond motifs is 2. The molecule has 0 unspecified atom stereocenters. The van der Waals surface area contributed by atoms with E-state index in [-0.39, 0.29) is 5.56 Å². The summed E-state index contributed by atoms with van der Waals surface area (Å²) >= 11 is 7.99. The predicted octanol–water partition coefficient (Wildman–Crippen LogP) is 6.30. The fourth-order valence-electron chi connectivity index (χ4n) is 5.30. The number of ether oxygens (including phenoxy) is 1. The van der Waals surface area contributed by atoms with Gasteiger partial charge in [-0.05, 0) is 54.5 Å². The molecule has 1 aliphatic carbocycles. The Morgan fingerprint density at radius 2 is 1.97 bits per heavy atom. The zero-order valence-electron chi connectivity index (χ0n) is 21.1. The molecule has 0 spiro atoms. The van der Waals surface area contributed by atoms with Crippen molar-refractivity contribution in [3.05, 3.63) is 75.8 Å². The monoisotopic (exact) mass is 546 g/mol. The van der Waals surface area contributed by atoms with Crippen molar-refractivity contribution in [2.75, 3.05) is 7.11 Å². The van der Waals surface area contributed by atoms with Gasteiger partial charge in [-0.15, -0.1) is 0 Å². The lowest BCUT2D eigenvalue weighted by Gasteiger charge is -2.27. The van der Waals surface area contributed by atoms with Crippen LogP contribution < -0.4 is 10.3 Å². The van der Waals surface area contributed by atoms with Crippen LogP contribution >= 0.6 is 23.4 Å². The molecule has 0 atom stereocenters. The maximum atomic E-state index is 14.1. The first-order chi connectivity index (χ1) is 18.5. The number of nitrogens with zero attached hydrogens (tertiary/aromatic N) is 5. The second-order valence-corrected chi connectivity index (χ2v) is 11.1. The van der Waals surface area contributed by atoms with Gasteiger partial charge in [0.1, 0.15) is 28.4 Å². The Balaban J connectivity index is 1.50. The van der Waals surface area contributed by atoms with Crippen molar-refractivity contribution in [1.29, 1.82) is 0 Å². The maximum Gasteiger partial charge on any atom is 0.267 e. The Morgan fingerprint density at radius 3 is 2.79 bits per heavy atom. The standard InChI is InChI=1S/C28H27ClN6O2S/c1-16-6-8-17(9-7-16)18-10-11-22(37-2)21(12-18)35-23(34-20-5-3-4-19(29)24(20)28(35)36)13-38-27-25-26(31-14-30-25)32-15-33-27/h3-5,10-12,14-17H,6-9,13H2,1-2H3,(H,30,31,32,33). The van der Waals surface area contributed by atoms with Gasteiger partial charge in [0.15, 0.2) is 5.65 Å². The number of benzene rings is 2. The molecule has 0 aliphatic heterocycles.